The zero-order valence-electron chi connectivity index (χ0n) is 10.5. The summed E-state index contributed by atoms with van der Waals surface area (Å²) < 4.78 is 0. The number of hydrogen-bond donors (Lipinski definition) is 2. The molecule has 1 amide bonds. The zero-order chi connectivity index (χ0) is 11.7. The quantitative estimate of drug-likeness (QED) is 0.578. The van der Waals surface area contributed by atoms with E-state index in [1.807, 2.05) is 0 Å². The lowest BCUT2D eigenvalue weighted by molar-refractivity contribution is -0.120. The Hall–Kier alpha value is -0.610. The van der Waals surface area contributed by atoms with Crippen LogP contribution < -0.4 is 10.6 Å². The monoisotopic (exact) mass is 215 g/mol. The maximum Gasteiger partial charge on any atom is 0.221 e. The highest BCUT2D eigenvalue weighted by Gasteiger charge is 2.02. The lowest BCUT2D eigenvalue weighted by Crippen LogP contribution is -2.30. The van der Waals surface area contributed by atoms with E-state index in [1.165, 1.54) is 0 Å². The summed E-state index contributed by atoms with van der Waals surface area (Å²) in [5.74, 6) is 0.113. The van der Waals surface area contributed by atoms with E-state index in [2.05, 4.69) is 36.4 Å². The zero-order valence-corrected chi connectivity index (χ0v) is 10.5. The maximum absolute atomic E-state index is 11.0. The van der Waals surface area contributed by atoms with E-state index in [0.29, 0.717) is 12.5 Å². The normalized spacial score (nSPS) is 11.1. The number of carbonyl (C=O) groups is 1. The molecule has 0 aliphatic heterocycles. The molecule has 0 aromatic carbocycles. The Labute approximate surface area is 93.4 Å². The minimum absolute atomic E-state index is 0.113. The van der Waals surface area contributed by atoms with E-state index >= 15 is 0 Å². The molecule has 0 aliphatic rings. The van der Waals surface area contributed by atoms with Gasteiger partial charge in [-0.15, -0.1) is 0 Å². The summed E-state index contributed by atoms with van der Waals surface area (Å²) in [5.41, 5.74) is 0. The van der Waals surface area contributed by atoms with Crippen LogP contribution in [0, 0.1) is 0 Å². The fourth-order valence-corrected chi connectivity index (χ4v) is 1.27. The smallest absolute Gasteiger partial charge is 0.221 e. The molecule has 0 spiro atoms. The van der Waals surface area contributed by atoms with E-state index in [-0.39, 0.29) is 5.91 Å². The van der Waals surface area contributed by atoms with Crippen LogP contribution in [0.25, 0.3) is 0 Å². The molecule has 4 heteroatoms. The van der Waals surface area contributed by atoms with Gasteiger partial charge in [-0.05, 0) is 26.6 Å². The molecule has 0 heterocycles. The van der Waals surface area contributed by atoms with E-state index < -0.39 is 0 Å². The van der Waals surface area contributed by atoms with E-state index in [0.717, 1.165) is 26.1 Å². The van der Waals surface area contributed by atoms with Crippen LogP contribution >= 0.6 is 0 Å². The van der Waals surface area contributed by atoms with Crippen molar-refractivity contribution in [3.8, 4) is 0 Å². The minimum atomic E-state index is 0.113. The Kier molecular flexibility index (Phi) is 8.33. The summed E-state index contributed by atoms with van der Waals surface area (Å²) in [6, 6.07) is 0.557. The molecule has 0 atom stereocenters. The molecule has 0 saturated carbocycles. The molecule has 0 unspecified atom stereocenters. The third-order valence-corrected chi connectivity index (χ3v) is 2.27. The molecule has 0 fully saturated rings. The van der Waals surface area contributed by atoms with Crippen molar-refractivity contribution < 1.29 is 4.79 Å². The van der Waals surface area contributed by atoms with Gasteiger partial charge >= 0.3 is 0 Å². The number of rotatable bonds is 8. The van der Waals surface area contributed by atoms with Gasteiger partial charge in [0.2, 0.25) is 5.91 Å². The lowest BCUT2D eigenvalue weighted by Gasteiger charge is -2.16. The third-order valence-electron chi connectivity index (χ3n) is 2.27. The first-order valence-corrected chi connectivity index (χ1v) is 5.68. The highest BCUT2D eigenvalue weighted by atomic mass is 16.1. The van der Waals surface area contributed by atoms with E-state index in [1.54, 1.807) is 7.05 Å². The second-order valence-corrected chi connectivity index (χ2v) is 4.19. The predicted molar refractivity (Wildman–Crippen MR) is 63.9 cm³/mol. The molecule has 0 saturated heterocycles. The van der Waals surface area contributed by atoms with Crippen molar-refractivity contribution in [1.82, 2.24) is 15.5 Å². The summed E-state index contributed by atoms with van der Waals surface area (Å²) in [4.78, 5) is 13.2. The van der Waals surface area contributed by atoms with Gasteiger partial charge in [0.15, 0.2) is 0 Å². The van der Waals surface area contributed by atoms with Crippen LogP contribution in [0.5, 0.6) is 0 Å². The highest BCUT2D eigenvalue weighted by molar-refractivity contribution is 5.75. The average Bonchev–Trinajstić information content (AvgIpc) is 2.20. The van der Waals surface area contributed by atoms with Gasteiger partial charge in [0, 0.05) is 26.1 Å². The standard InChI is InChI=1S/C11H25N3O/c1-10(2)13-7-5-8-14(4)9-6-11(15)12-3/h10,13H,5-9H2,1-4H3,(H,12,15). The van der Waals surface area contributed by atoms with Crippen molar-refractivity contribution in [2.24, 2.45) is 0 Å². The maximum atomic E-state index is 11.0. The van der Waals surface area contributed by atoms with Crippen LogP contribution in [0.3, 0.4) is 0 Å². The van der Waals surface area contributed by atoms with Gasteiger partial charge in [-0.3, -0.25) is 4.79 Å². The second-order valence-electron chi connectivity index (χ2n) is 4.19. The first kappa shape index (κ1) is 14.4. The largest absolute Gasteiger partial charge is 0.359 e. The SMILES string of the molecule is CNC(=O)CCN(C)CCCNC(C)C. The van der Waals surface area contributed by atoms with Gasteiger partial charge in [0.25, 0.3) is 0 Å². The molecule has 0 aromatic rings. The molecule has 0 aromatic heterocycles. The summed E-state index contributed by atoms with van der Waals surface area (Å²) in [5, 5.41) is 6.00. The first-order chi connectivity index (χ1) is 7.06. The number of carbonyl (C=O) groups excluding carboxylic acids is 1. The van der Waals surface area contributed by atoms with Crippen molar-refractivity contribution in [3.05, 3.63) is 0 Å². The third kappa shape index (κ3) is 9.69. The topological polar surface area (TPSA) is 44.4 Å². The Morgan fingerprint density at radius 3 is 2.53 bits per heavy atom. The van der Waals surface area contributed by atoms with E-state index in [9.17, 15) is 4.79 Å². The Morgan fingerprint density at radius 1 is 1.33 bits per heavy atom. The van der Waals surface area contributed by atoms with Crippen molar-refractivity contribution in [2.45, 2.75) is 32.7 Å². The molecular formula is C11H25N3O. The fourth-order valence-electron chi connectivity index (χ4n) is 1.27. The van der Waals surface area contributed by atoms with Gasteiger partial charge in [0.05, 0.1) is 0 Å². The molecule has 0 aliphatic carbocycles. The number of hydrogen-bond acceptors (Lipinski definition) is 3. The van der Waals surface area contributed by atoms with Crippen molar-refractivity contribution in [1.29, 1.82) is 0 Å². The van der Waals surface area contributed by atoms with Gasteiger partial charge in [0.1, 0.15) is 0 Å². The Bertz CT molecular complexity index is 171. The molecular weight excluding hydrogens is 190 g/mol. The Balaban J connectivity index is 3.33. The molecule has 0 bridgehead atoms. The predicted octanol–water partition coefficient (Wildman–Crippen LogP) is 0.442. The fraction of sp³-hybridized carbons (Fsp3) is 0.909. The highest BCUT2D eigenvalue weighted by Crippen LogP contribution is 1.90. The number of nitrogens with one attached hydrogen (secondary N) is 2. The number of nitrogens with zero attached hydrogens (tertiary/aromatic N) is 1. The number of amides is 1. The molecule has 2 N–H and O–H groups in total. The van der Waals surface area contributed by atoms with Crippen molar-refractivity contribution >= 4 is 5.91 Å². The van der Waals surface area contributed by atoms with Gasteiger partial charge < -0.3 is 15.5 Å². The van der Waals surface area contributed by atoms with Crippen LogP contribution in [-0.2, 0) is 4.79 Å². The van der Waals surface area contributed by atoms with Crippen LogP contribution in [0.2, 0.25) is 0 Å². The molecule has 90 valence electrons. The van der Waals surface area contributed by atoms with Gasteiger partial charge in [-0.1, -0.05) is 13.8 Å². The Morgan fingerprint density at radius 2 is 2.00 bits per heavy atom. The van der Waals surface area contributed by atoms with Crippen LogP contribution in [-0.4, -0.2) is 50.6 Å². The summed E-state index contributed by atoms with van der Waals surface area (Å²) in [6.07, 6.45) is 1.72. The van der Waals surface area contributed by atoms with Crippen molar-refractivity contribution in [2.75, 3.05) is 33.7 Å². The molecule has 0 rings (SSSR count). The van der Waals surface area contributed by atoms with Crippen LogP contribution in [0.4, 0.5) is 0 Å². The molecule has 4 nitrogen and oxygen atoms in total. The van der Waals surface area contributed by atoms with Gasteiger partial charge in [-0.2, -0.15) is 0 Å². The van der Waals surface area contributed by atoms with Gasteiger partial charge in [-0.25, -0.2) is 0 Å². The second kappa shape index (κ2) is 8.68. The average molecular weight is 215 g/mol. The molecule has 0 radical (unpaired) electrons. The summed E-state index contributed by atoms with van der Waals surface area (Å²) >= 11 is 0. The molecule has 15 heavy (non-hydrogen) atoms. The minimum Gasteiger partial charge on any atom is -0.359 e. The summed E-state index contributed by atoms with van der Waals surface area (Å²) in [7, 11) is 3.73. The van der Waals surface area contributed by atoms with Crippen LogP contribution in [0.15, 0.2) is 0 Å². The van der Waals surface area contributed by atoms with E-state index in [4.69, 9.17) is 0 Å². The lowest BCUT2D eigenvalue weighted by atomic mass is 10.3. The summed E-state index contributed by atoms with van der Waals surface area (Å²) in [6.45, 7) is 7.21. The van der Waals surface area contributed by atoms with Crippen molar-refractivity contribution in [3.63, 3.8) is 0 Å². The first-order valence-electron chi connectivity index (χ1n) is 5.68. The van der Waals surface area contributed by atoms with Crippen LogP contribution in [0.1, 0.15) is 26.7 Å².